The lowest BCUT2D eigenvalue weighted by Crippen LogP contribution is -2.48. The van der Waals surface area contributed by atoms with Crippen molar-refractivity contribution < 1.29 is 4.79 Å². The minimum atomic E-state index is -0.384. The molecule has 1 aliphatic rings. The minimum absolute atomic E-state index is 0.106. The third-order valence-corrected chi connectivity index (χ3v) is 5.31. The molecule has 1 amide bonds. The molecule has 134 valence electrons. The Balaban J connectivity index is 1.77. The molecule has 0 aliphatic carbocycles. The first-order chi connectivity index (χ1) is 12.0. The van der Waals surface area contributed by atoms with Gasteiger partial charge in [0.25, 0.3) is 0 Å². The molecular formula is C22H30N2O. The summed E-state index contributed by atoms with van der Waals surface area (Å²) in [6, 6.07) is 14.7. The molecule has 1 atom stereocenters. The molecule has 0 aromatic heterocycles. The summed E-state index contributed by atoms with van der Waals surface area (Å²) in [5.41, 5.74) is 0.797. The molecule has 0 bridgehead atoms. The van der Waals surface area contributed by atoms with Crippen LogP contribution in [0.5, 0.6) is 0 Å². The maximum atomic E-state index is 12.9. The smallest absolute Gasteiger partial charge is 0.225 e. The van der Waals surface area contributed by atoms with E-state index >= 15 is 0 Å². The lowest BCUT2D eigenvalue weighted by atomic mass is 9.88. The second kappa shape index (κ2) is 7.57. The molecule has 1 unspecified atom stereocenters. The van der Waals surface area contributed by atoms with Crippen LogP contribution in [0.15, 0.2) is 42.5 Å². The van der Waals surface area contributed by atoms with Crippen molar-refractivity contribution in [3.63, 3.8) is 0 Å². The van der Waals surface area contributed by atoms with Gasteiger partial charge < -0.3 is 10.2 Å². The first-order valence-corrected chi connectivity index (χ1v) is 9.54. The fourth-order valence-corrected chi connectivity index (χ4v) is 4.04. The highest BCUT2D eigenvalue weighted by Crippen LogP contribution is 2.29. The van der Waals surface area contributed by atoms with Gasteiger partial charge in [-0.25, -0.2) is 0 Å². The summed E-state index contributed by atoms with van der Waals surface area (Å²) in [5.74, 6) is 0.299. The predicted molar refractivity (Wildman–Crippen MR) is 105 cm³/mol. The Labute approximate surface area is 151 Å². The molecule has 2 aromatic carbocycles. The number of rotatable bonds is 5. The van der Waals surface area contributed by atoms with E-state index in [4.69, 9.17) is 0 Å². The van der Waals surface area contributed by atoms with Crippen LogP contribution in [-0.2, 0) is 10.3 Å². The van der Waals surface area contributed by atoms with Crippen molar-refractivity contribution in [3.05, 3.63) is 48.0 Å². The van der Waals surface area contributed by atoms with Crippen LogP contribution in [0.1, 0.15) is 45.6 Å². The van der Waals surface area contributed by atoms with Crippen molar-refractivity contribution in [2.75, 3.05) is 19.6 Å². The van der Waals surface area contributed by atoms with Crippen LogP contribution in [0.25, 0.3) is 10.8 Å². The summed E-state index contributed by atoms with van der Waals surface area (Å²) in [7, 11) is 0. The topological polar surface area (TPSA) is 32.3 Å². The van der Waals surface area contributed by atoms with Crippen LogP contribution in [-0.4, -0.2) is 30.4 Å². The van der Waals surface area contributed by atoms with Crippen LogP contribution in [0, 0.1) is 5.92 Å². The number of hydrogen-bond acceptors (Lipinski definition) is 2. The molecule has 1 heterocycles. The maximum absolute atomic E-state index is 12.9. The summed E-state index contributed by atoms with van der Waals surface area (Å²) in [4.78, 5) is 15.4. The van der Waals surface area contributed by atoms with E-state index in [0.717, 1.165) is 38.9 Å². The number of likely N-dealkylation sites (tertiary alicyclic amines) is 1. The van der Waals surface area contributed by atoms with E-state index in [-0.39, 0.29) is 17.4 Å². The molecule has 3 nitrogen and oxygen atoms in total. The summed E-state index contributed by atoms with van der Waals surface area (Å²) in [6.45, 7) is 9.54. The van der Waals surface area contributed by atoms with Gasteiger partial charge in [-0.3, -0.25) is 4.79 Å². The zero-order chi connectivity index (χ0) is 17.9. The highest BCUT2D eigenvalue weighted by molar-refractivity contribution is 5.87. The molecule has 0 spiro atoms. The van der Waals surface area contributed by atoms with E-state index in [1.807, 2.05) is 0 Å². The van der Waals surface area contributed by atoms with Crippen molar-refractivity contribution in [2.45, 2.75) is 45.6 Å². The number of carbonyl (C=O) groups is 1. The minimum Gasteiger partial charge on any atom is -0.347 e. The number of nitrogens with one attached hydrogen (secondary N) is 1. The van der Waals surface area contributed by atoms with Gasteiger partial charge in [0.2, 0.25) is 5.91 Å². The largest absolute Gasteiger partial charge is 0.347 e. The van der Waals surface area contributed by atoms with Gasteiger partial charge in [-0.15, -0.1) is 0 Å². The average Bonchev–Trinajstić information content (AvgIpc) is 2.61. The van der Waals surface area contributed by atoms with Gasteiger partial charge in [-0.1, -0.05) is 49.4 Å². The van der Waals surface area contributed by atoms with Gasteiger partial charge in [-0.05, 0) is 62.5 Å². The van der Waals surface area contributed by atoms with Crippen molar-refractivity contribution in [1.82, 2.24) is 10.2 Å². The molecule has 25 heavy (non-hydrogen) atoms. The van der Waals surface area contributed by atoms with E-state index < -0.39 is 0 Å². The van der Waals surface area contributed by atoms with Crippen molar-refractivity contribution in [3.8, 4) is 0 Å². The molecular weight excluding hydrogens is 308 g/mol. The van der Waals surface area contributed by atoms with Crippen molar-refractivity contribution in [1.29, 1.82) is 0 Å². The number of fused-ring (bicyclic) bond motifs is 1. The summed E-state index contributed by atoms with van der Waals surface area (Å²) >= 11 is 0. The van der Waals surface area contributed by atoms with Gasteiger partial charge in [-0.2, -0.15) is 0 Å². The van der Waals surface area contributed by atoms with Crippen LogP contribution in [0.2, 0.25) is 0 Å². The van der Waals surface area contributed by atoms with E-state index in [1.165, 1.54) is 16.3 Å². The molecule has 1 aliphatic heterocycles. The quantitative estimate of drug-likeness (QED) is 0.881. The Bertz CT molecular complexity index is 730. The Morgan fingerprint density at radius 2 is 1.96 bits per heavy atom. The third kappa shape index (κ3) is 4.04. The summed E-state index contributed by atoms with van der Waals surface area (Å²) in [5, 5.41) is 5.76. The van der Waals surface area contributed by atoms with Gasteiger partial charge in [0.05, 0.1) is 11.5 Å². The first-order valence-electron chi connectivity index (χ1n) is 9.54. The number of hydrogen-bond donors (Lipinski definition) is 1. The van der Waals surface area contributed by atoms with Crippen molar-refractivity contribution in [2.24, 2.45) is 5.92 Å². The van der Waals surface area contributed by atoms with E-state index in [2.05, 4.69) is 73.5 Å². The first kappa shape index (κ1) is 17.9. The molecule has 2 aromatic rings. The van der Waals surface area contributed by atoms with Crippen LogP contribution in [0.3, 0.4) is 0 Å². The predicted octanol–water partition coefficient (Wildman–Crippen LogP) is 4.31. The van der Waals surface area contributed by atoms with E-state index in [9.17, 15) is 4.79 Å². The highest BCUT2D eigenvalue weighted by atomic mass is 16.2. The normalized spacial score (nSPS) is 19.1. The number of benzene rings is 2. The highest BCUT2D eigenvalue weighted by Gasteiger charge is 2.31. The molecule has 0 radical (unpaired) electrons. The number of amides is 1. The monoisotopic (exact) mass is 338 g/mol. The molecule has 0 saturated carbocycles. The number of piperidine rings is 1. The molecule has 3 heteroatoms. The molecule has 3 rings (SSSR count). The summed E-state index contributed by atoms with van der Waals surface area (Å²) < 4.78 is 0. The zero-order valence-corrected chi connectivity index (χ0v) is 15.7. The standard InChI is InChI=1S/C22H30N2O/c1-4-14-24-15-8-11-18(16-24)21(25)23-22(2,3)20-13-7-10-17-9-5-6-12-19(17)20/h5-7,9-10,12-13,18H,4,8,11,14-16H2,1-3H3,(H,23,25). The van der Waals surface area contributed by atoms with Crippen molar-refractivity contribution >= 4 is 16.7 Å². The lowest BCUT2D eigenvalue weighted by Gasteiger charge is -2.35. The van der Waals surface area contributed by atoms with Crippen LogP contribution < -0.4 is 5.32 Å². The van der Waals surface area contributed by atoms with Gasteiger partial charge in [0.15, 0.2) is 0 Å². The van der Waals surface area contributed by atoms with Gasteiger partial charge in [0.1, 0.15) is 0 Å². The van der Waals surface area contributed by atoms with Gasteiger partial charge >= 0.3 is 0 Å². The van der Waals surface area contributed by atoms with Crippen LogP contribution in [0.4, 0.5) is 0 Å². The SMILES string of the molecule is CCCN1CCCC(C(=O)NC(C)(C)c2cccc3ccccc23)C1. The molecule has 1 saturated heterocycles. The second-order valence-corrected chi connectivity index (χ2v) is 7.78. The maximum Gasteiger partial charge on any atom is 0.225 e. The van der Waals surface area contributed by atoms with Gasteiger partial charge in [0, 0.05) is 6.54 Å². The Hall–Kier alpha value is -1.87. The Morgan fingerprint density at radius 3 is 2.76 bits per heavy atom. The fraction of sp³-hybridized carbons (Fsp3) is 0.500. The third-order valence-electron chi connectivity index (χ3n) is 5.31. The Morgan fingerprint density at radius 1 is 1.20 bits per heavy atom. The second-order valence-electron chi connectivity index (χ2n) is 7.78. The average molecular weight is 338 g/mol. The molecule has 1 N–H and O–H groups in total. The van der Waals surface area contributed by atoms with E-state index in [1.54, 1.807) is 0 Å². The van der Waals surface area contributed by atoms with E-state index in [0.29, 0.717) is 0 Å². The fourth-order valence-electron chi connectivity index (χ4n) is 4.04. The lowest BCUT2D eigenvalue weighted by molar-refractivity contribution is -0.128. The molecule has 1 fully saturated rings. The van der Waals surface area contributed by atoms with Crippen LogP contribution >= 0.6 is 0 Å². The number of carbonyl (C=O) groups excluding carboxylic acids is 1. The summed E-state index contributed by atoms with van der Waals surface area (Å²) in [6.07, 6.45) is 3.26. The zero-order valence-electron chi connectivity index (χ0n) is 15.7. The number of nitrogens with zero attached hydrogens (tertiary/aromatic N) is 1. The Kier molecular flexibility index (Phi) is 5.43.